The van der Waals surface area contributed by atoms with Gasteiger partial charge in [-0.2, -0.15) is 0 Å². The van der Waals surface area contributed by atoms with E-state index < -0.39 is 6.09 Å². The Bertz CT molecular complexity index is 918. The lowest BCUT2D eigenvalue weighted by atomic mass is 10.1. The number of fused-ring (bicyclic) bond motifs is 1. The van der Waals surface area contributed by atoms with Crippen molar-refractivity contribution in [2.75, 3.05) is 11.9 Å². The summed E-state index contributed by atoms with van der Waals surface area (Å²) in [4.78, 5) is 28.4. The first-order valence-electron chi connectivity index (χ1n) is 7.10. The summed E-state index contributed by atoms with van der Waals surface area (Å²) in [6.07, 6.45) is 2.27. The Hall–Kier alpha value is -3.15. The Balaban J connectivity index is 2.11. The van der Waals surface area contributed by atoms with Crippen LogP contribution in [0.4, 0.5) is 10.6 Å². The number of ether oxygens (including phenoxy) is 1. The zero-order valence-corrected chi connectivity index (χ0v) is 12.4. The molecule has 1 aromatic carbocycles. The van der Waals surface area contributed by atoms with E-state index in [1.54, 1.807) is 43.3 Å². The number of hydrogen-bond acceptors (Lipinski definition) is 5. The third kappa shape index (κ3) is 2.91. The van der Waals surface area contributed by atoms with E-state index in [9.17, 15) is 9.59 Å². The highest BCUT2D eigenvalue weighted by atomic mass is 16.5. The van der Waals surface area contributed by atoms with Crippen LogP contribution in [0, 0.1) is 0 Å². The number of hydrogen-bond donors (Lipinski definition) is 1. The van der Waals surface area contributed by atoms with E-state index >= 15 is 0 Å². The summed E-state index contributed by atoms with van der Waals surface area (Å²) in [5.41, 5.74) is 1.11. The highest BCUT2D eigenvalue weighted by Gasteiger charge is 2.15. The largest absolute Gasteiger partial charge is 0.463 e. The van der Waals surface area contributed by atoms with E-state index in [1.165, 1.54) is 12.5 Å². The van der Waals surface area contributed by atoms with Gasteiger partial charge in [0.1, 0.15) is 17.7 Å². The maximum atomic E-state index is 12.7. The molecule has 0 saturated heterocycles. The van der Waals surface area contributed by atoms with Crippen molar-refractivity contribution in [3.8, 4) is 11.1 Å². The molecule has 0 aliphatic carbocycles. The fourth-order valence-corrected chi connectivity index (χ4v) is 2.25. The molecule has 2 aromatic heterocycles. The quantitative estimate of drug-likeness (QED) is 0.801. The summed E-state index contributed by atoms with van der Waals surface area (Å²) in [5, 5.41) is 3.00. The van der Waals surface area contributed by atoms with Crippen molar-refractivity contribution >= 4 is 22.9 Å². The van der Waals surface area contributed by atoms with Gasteiger partial charge < -0.3 is 9.15 Å². The second-order valence-electron chi connectivity index (χ2n) is 4.72. The molecule has 23 heavy (non-hydrogen) atoms. The van der Waals surface area contributed by atoms with Crippen molar-refractivity contribution in [2.24, 2.45) is 0 Å². The van der Waals surface area contributed by atoms with Gasteiger partial charge in [-0.3, -0.25) is 10.1 Å². The number of benzene rings is 1. The van der Waals surface area contributed by atoms with Gasteiger partial charge in [-0.15, -0.1) is 0 Å². The Morgan fingerprint density at radius 2 is 2.04 bits per heavy atom. The van der Waals surface area contributed by atoms with Crippen molar-refractivity contribution in [3.05, 3.63) is 59.1 Å². The number of anilines is 1. The molecular formula is C17H14N2O4. The first kappa shape index (κ1) is 14.8. The highest BCUT2D eigenvalue weighted by molar-refractivity contribution is 5.91. The normalized spacial score (nSPS) is 10.5. The van der Waals surface area contributed by atoms with Crippen molar-refractivity contribution in [1.82, 2.24) is 4.98 Å². The van der Waals surface area contributed by atoms with Crippen LogP contribution in [0.3, 0.4) is 0 Å². The van der Waals surface area contributed by atoms with Gasteiger partial charge in [0.05, 0.1) is 17.6 Å². The maximum Gasteiger partial charge on any atom is 0.412 e. The fraction of sp³-hybridized carbons (Fsp3) is 0.118. The van der Waals surface area contributed by atoms with E-state index in [1.807, 2.05) is 0 Å². The molecule has 6 heteroatoms. The average Bonchev–Trinajstić information content (AvgIpc) is 2.57. The number of carbonyl (C=O) groups is 1. The van der Waals surface area contributed by atoms with Crippen LogP contribution in [0.15, 0.2) is 58.1 Å². The molecule has 6 nitrogen and oxygen atoms in total. The number of nitrogens with one attached hydrogen (secondary N) is 1. The molecule has 3 aromatic rings. The number of rotatable bonds is 3. The summed E-state index contributed by atoms with van der Waals surface area (Å²) in [5.74, 6) is 0.244. The smallest absolute Gasteiger partial charge is 0.412 e. The molecule has 3 rings (SSSR count). The topological polar surface area (TPSA) is 81.4 Å². The van der Waals surface area contributed by atoms with Crippen molar-refractivity contribution in [3.63, 3.8) is 0 Å². The summed E-state index contributed by atoms with van der Waals surface area (Å²) in [6.45, 7) is 1.95. The fourth-order valence-electron chi connectivity index (χ4n) is 2.25. The van der Waals surface area contributed by atoms with Gasteiger partial charge >= 0.3 is 6.09 Å². The lowest BCUT2D eigenvalue weighted by Crippen LogP contribution is -2.16. The van der Waals surface area contributed by atoms with E-state index in [2.05, 4.69) is 10.3 Å². The second-order valence-corrected chi connectivity index (χ2v) is 4.72. The van der Waals surface area contributed by atoms with Crippen molar-refractivity contribution < 1.29 is 13.9 Å². The van der Waals surface area contributed by atoms with Crippen LogP contribution >= 0.6 is 0 Å². The van der Waals surface area contributed by atoms with Crippen LogP contribution in [0.2, 0.25) is 0 Å². The maximum absolute atomic E-state index is 12.7. The third-order valence-corrected chi connectivity index (χ3v) is 3.27. The predicted octanol–water partition coefficient (Wildman–Crippen LogP) is 3.42. The zero-order chi connectivity index (χ0) is 16.2. The number of nitrogens with zero attached hydrogens (tertiary/aromatic N) is 1. The lowest BCUT2D eigenvalue weighted by Gasteiger charge is -2.09. The second kappa shape index (κ2) is 6.31. The molecule has 0 radical (unpaired) electrons. The monoisotopic (exact) mass is 310 g/mol. The Labute approximate surface area is 131 Å². The average molecular weight is 310 g/mol. The van der Waals surface area contributed by atoms with E-state index in [0.29, 0.717) is 22.1 Å². The molecular weight excluding hydrogens is 296 g/mol. The summed E-state index contributed by atoms with van der Waals surface area (Å²) >= 11 is 0. The van der Waals surface area contributed by atoms with E-state index in [0.717, 1.165) is 0 Å². The molecule has 1 amide bonds. The van der Waals surface area contributed by atoms with Gasteiger partial charge in [-0.25, -0.2) is 9.78 Å². The first-order chi connectivity index (χ1) is 11.2. The first-order valence-corrected chi connectivity index (χ1v) is 7.10. The number of para-hydroxylation sites is 1. The van der Waals surface area contributed by atoms with E-state index in [-0.39, 0.29) is 17.9 Å². The molecule has 0 fully saturated rings. The van der Waals surface area contributed by atoms with Crippen molar-refractivity contribution in [2.45, 2.75) is 6.92 Å². The molecule has 0 atom stereocenters. The summed E-state index contributed by atoms with van der Waals surface area (Å²) < 4.78 is 10.4. The highest BCUT2D eigenvalue weighted by Crippen LogP contribution is 2.25. The number of amides is 1. The standard InChI is InChI=1S/C17H14N2O4/c1-2-22-17(21)19-16-11(7-5-9-18-16)13-10-23-14-8-4-3-6-12(14)15(13)20/h3-10H,2H2,1H3,(H,18,19,21). The molecule has 0 unspecified atom stereocenters. The Morgan fingerprint density at radius 3 is 2.87 bits per heavy atom. The number of aromatic nitrogens is 1. The molecule has 0 spiro atoms. The minimum Gasteiger partial charge on any atom is -0.463 e. The molecule has 1 N–H and O–H groups in total. The van der Waals surface area contributed by atoms with Gasteiger partial charge in [0.25, 0.3) is 0 Å². The van der Waals surface area contributed by atoms with Crippen LogP contribution in [-0.4, -0.2) is 17.7 Å². The molecule has 2 heterocycles. The van der Waals surface area contributed by atoms with E-state index in [4.69, 9.17) is 9.15 Å². The molecule has 0 aliphatic heterocycles. The summed E-state index contributed by atoms with van der Waals surface area (Å²) in [6, 6.07) is 10.4. The molecule has 0 saturated carbocycles. The van der Waals surface area contributed by atoms with Crippen molar-refractivity contribution in [1.29, 1.82) is 0 Å². The lowest BCUT2D eigenvalue weighted by molar-refractivity contribution is 0.168. The molecule has 0 aliphatic rings. The Morgan fingerprint density at radius 1 is 1.22 bits per heavy atom. The Kier molecular flexibility index (Phi) is 4.05. The zero-order valence-electron chi connectivity index (χ0n) is 12.4. The summed E-state index contributed by atoms with van der Waals surface area (Å²) in [7, 11) is 0. The van der Waals surface area contributed by atoms with Gasteiger partial charge in [0, 0.05) is 11.8 Å². The minimum atomic E-state index is -0.627. The number of carbonyl (C=O) groups excluding carboxylic acids is 1. The predicted molar refractivity (Wildman–Crippen MR) is 86.4 cm³/mol. The van der Waals surface area contributed by atoms with Gasteiger partial charge in [-0.05, 0) is 31.2 Å². The van der Waals surface area contributed by atoms with Gasteiger partial charge in [-0.1, -0.05) is 12.1 Å². The minimum absolute atomic E-state index is 0.188. The van der Waals surface area contributed by atoms with Crippen LogP contribution in [0.25, 0.3) is 22.1 Å². The molecule has 116 valence electrons. The van der Waals surface area contributed by atoms with Crippen LogP contribution in [-0.2, 0) is 4.74 Å². The van der Waals surface area contributed by atoms with Crippen LogP contribution in [0.1, 0.15) is 6.92 Å². The molecule has 0 bridgehead atoms. The van der Waals surface area contributed by atoms with Crippen LogP contribution in [0.5, 0.6) is 0 Å². The van der Waals surface area contributed by atoms with Gasteiger partial charge in [0.2, 0.25) is 5.43 Å². The number of pyridine rings is 1. The van der Waals surface area contributed by atoms with Gasteiger partial charge in [0.15, 0.2) is 0 Å². The van der Waals surface area contributed by atoms with Crippen LogP contribution < -0.4 is 10.7 Å². The SMILES string of the molecule is CCOC(=O)Nc1ncccc1-c1coc2ccccc2c1=O. The third-order valence-electron chi connectivity index (χ3n) is 3.27.